The largest absolute Gasteiger partial charge is 0.444 e. The third-order valence-corrected chi connectivity index (χ3v) is 4.76. The third-order valence-electron chi connectivity index (χ3n) is 4.51. The van der Waals surface area contributed by atoms with Gasteiger partial charge in [0.15, 0.2) is 11.0 Å². The summed E-state index contributed by atoms with van der Waals surface area (Å²) >= 11 is 6.37. The Hall–Kier alpha value is -2.08. The Balaban J connectivity index is 1.68. The maximum absolute atomic E-state index is 12.2. The Labute approximate surface area is 159 Å². The molecule has 26 heavy (non-hydrogen) atoms. The zero-order valence-electron chi connectivity index (χ0n) is 15.7. The van der Waals surface area contributed by atoms with E-state index in [2.05, 4.69) is 14.9 Å². The number of rotatable bonds is 2. The van der Waals surface area contributed by atoms with E-state index in [1.807, 2.05) is 52.1 Å². The summed E-state index contributed by atoms with van der Waals surface area (Å²) in [7, 11) is 1.98. The maximum Gasteiger partial charge on any atom is 0.410 e. The average Bonchev–Trinajstić information content (AvgIpc) is 2.59. The molecule has 0 radical (unpaired) electrons. The molecule has 1 aliphatic heterocycles. The second-order valence-corrected chi connectivity index (χ2v) is 7.99. The van der Waals surface area contributed by atoms with Gasteiger partial charge in [-0.1, -0.05) is 23.7 Å². The van der Waals surface area contributed by atoms with Crippen LogP contribution < -0.4 is 4.90 Å². The molecule has 3 rings (SSSR count). The molecule has 1 saturated heterocycles. The molecule has 0 aliphatic carbocycles. The van der Waals surface area contributed by atoms with E-state index in [0.29, 0.717) is 24.1 Å². The first-order valence-corrected chi connectivity index (χ1v) is 9.25. The van der Waals surface area contributed by atoms with Gasteiger partial charge in [-0.3, -0.25) is 0 Å². The van der Waals surface area contributed by atoms with Crippen molar-refractivity contribution in [1.29, 1.82) is 0 Å². The molecule has 0 spiro atoms. The Morgan fingerprint density at radius 1 is 1.19 bits per heavy atom. The Kier molecular flexibility index (Phi) is 5.23. The molecule has 1 aliphatic rings. The molecule has 1 aromatic heterocycles. The lowest BCUT2D eigenvalue weighted by Crippen LogP contribution is -2.47. The quantitative estimate of drug-likeness (QED) is 0.789. The summed E-state index contributed by atoms with van der Waals surface area (Å²) in [5.41, 5.74) is 1.14. The van der Waals surface area contributed by atoms with Crippen LogP contribution in [0.1, 0.15) is 33.6 Å². The zero-order chi connectivity index (χ0) is 18.9. The van der Waals surface area contributed by atoms with Crippen molar-refractivity contribution in [3.8, 4) is 0 Å². The number of amides is 1. The van der Waals surface area contributed by atoms with Gasteiger partial charge in [0.05, 0.1) is 11.0 Å². The van der Waals surface area contributed by atoms with Crippen molar-refractivity contribution in [2.45, 2.75) is 45.3 Å². The van der Waals surface area contributed by atoms with Crippen LogP contribution in [0.3, 0.4) is 0 Å². The van der Waals surface area contributed by atoms with Gasteiger partial charge >= 0.3 is 6.09 Å². The van der Waals surface area contributed by atoms with E-state index >= 15 is 0 Å². The summed E-state index contributed by atoms with van der Waals surface area (Å²) in [6.07, 6.45) is 1.42. The number of piperidine rings is 1. The first kappa shape index (κ1) is 18.7. The summed E-state index contributed by atoms with van der Waals surface area (Å²) in [6.45, 7) is 6.95. The van der Waals surface area contributed by atoms with Crippen LogP contribution in [-0.2, 0) is 4.74 Å². The van der Waals surface area contributed by atoms with E-state index in [-0.39, 0.29) is 12.1 Å². The molecule has 2 heterocycles. The summed E-state index contributed by atoms with van der Waals surface area (Å²) in [6, 6.07) is 7.94. The molecule has 1 aromatic carbocycles. The van der Waals surface area contributed by atoms with Crippen LogP contribution >= 0.6 is 11.6 Å². The number of hydrogen-bond donors (Lipinski definition) is 0. The number of hydrogen-bond acceptors (Lipinski definition) is 5. The summed E-state index contributed by atoms with van der Waals surface area (Å²) in [5, 5.41) is 0.403. The number of benzene rings is 1. The molecule has 0 unspecified atom stereocenters. The van der Waals surface area contributed by atoms with Crippen molar-refractivity contribution >= 4 is 34.5 Å². The number of para-hydroxylation sites is 2. The number of carbonyl (C=O) groups is 1. The molecule has 0 bridgehead atoms. The van der Waals surface area contributed by atoms with Gasteiger partial charge in [-0.05, 0) is 45.7 Å². The van der Waals surface area contributed by atoms with Gasteiger partial charge in [0, 0.05) is 26.2 Å². The standard InChI is InChI=1S/C19H25ClN4O2/c1-19(2,3)26-18(25)24-11-9-13(10-12-24)23(4)17-16(20)21-14-7-5-6-8-15(14)22-17/h5-8,13H,9-12H2,1-4H3. The van der Waals surface area contributed by atoms with Crippen molar-refractivity contribution in [3.05, 3.63) is 29.4 Å². The fraction of sp³-hybridized carbons (Fsp3) is 0.526. The van der Waals surface area contributed by atoms with Gasteiger partial charge in [0.1, 0.15) is 5.60 Å². The van der Waals surface area contributed by atoms with Gasteiger partial charge < -0.3 is 14.5 Å². The van der Waals surface area contributed by atoms with Crippen LogP contribution in [0.15, 0.2) is 24.3 Å². The van der Waals surface area contributed by atoms with Crippen LogP contribution in [0, 0.1) is 0 Å². The summed E-state index contributed by atoms with van der Waals surface area (Å²) < 4.78 is 5.45. The fourth-order valence-electron chi connectivity index (χ4n) is 3.13. The fourth-order valence-corrected chi connectivity index (χ4v) is 3.40. The van der Waals surface area contributed by atoms with Crippen molar-refractivity contribution in [2.24, 2.45) is 0 Å². The van der Waals surface area contributed by atoms with Gasteiger partial charge in [-0.15, -0.1) is 0 Å². The predicted molar refractivity (Wildman–Crippen MR) is 104 cm³/mol. The molecule has 0 N–H and O–H groups in total. The number of aromatic nitrogens is 2. The third kappa shape index (κ3) is 4.18. The molecule has 1 fully saturated rings. The SMILES string of the molecule is CN(c1nc2ccccc2nc1Cl)C1CCN(C(=O)OC(C)(C)C)CC1. The van der Waals surface area contributed by atoms with Gasteiger partial charge in [0.25, 0.3) is 0 Å². The number of fused-ring (bicyclic) bond motifs is 1. The minimum Gasteiger partial charge on any atom is -0.444 e. The number of nitrogens with zero attached hydrogens (tertiary/aromatic N) is 4. The average molecular weight is 377 g/mol. The molecule has 1 amide bonds. The highest BCUT2D eigenvalue weighted by Gasteiger charge is 2.29. The lowest BCUT2D eigenvalue weighted by Gasteiger charge is -2.37. The van der Waals surface area contributed by atoms with Crippen LogP contribution in [0.4, 0.5) is 10.6 Å². The van der Waals surface area contributed by atoms with Crippen LogP contribution in [0.2, 0.25) is 5.15 Å². The zero-order valence-corrected chi connectivity index (χ0v) is 16.5. The number of halogens is 1. The molecule has 140 valence electrons. The maximum atomic E-state index is 12.2. The first-order chi connectivity index (χ1) is 12.2. The Bertz CT molecular complexity index is 798. The summed E-state index contributed by atoms with van der Waals surface area (Å²) in [5.74, 6) is 0.682. The van der Waals surface area contributed by atoms with Crippen LogP contribution in [0.25, 0.3) is 11.0 Å². The predicted octanol–water partition coefficient (Wildman–Crippen LogP) is 4.12. The highest BCUT2D eigenvalue weighted by atomic mass is 35.5. The normalized spacial score (nSPS) is 16.0. The van der Waals surface area contributed by atoms with Gasteiger partial charge in [0.2, 0.25) is 0 Å². The first-order valence-electron chi connectivity index (χ1n) is 8.87. The van der Waals surface area contributed by atoms with Gasteiger partial charge in [-0.25, -0.2) is 14.8 Å². The molecule has 0 atom stereocenters. The van der Waals surface area contributed by atoms with Crippen molar-refractivity contribution < 1.29 is 9.53 Å². The van der Waals surface area contributed by atoms with Crippen molar-refractivity contribution in [2.75, 3.05) is 25.0 Å². The van der Waals surface area contributed by atoms with Crippen molar-refractivity contribution in [1.82, 2.24) is 14.9 Å². The number of ether oxygens (including phenoxy) is 1. The molecule has 6 nitrogen and oxygen atoms in total. The van der Waals surface area contributed by atoms with Crippen molar-refractivity contribution in [3.63, 3.8) is 0 Å². The second kappa shape index (κ2) is 7.27. The second-order valence-electron chi connectivity index (χ2n) is 7.64. The highest BCUT2D eigenvalue weighted by Crippen LogP contribution is 2.28. The molecule has 0 saturated carbocycles. The minimum absolute atomic E-state index is 0.248. The van der Waals surface area contributed by atoms with E-state index in [0.717, 1.165) is 23.9 Å². The van der Waals surface area contributed by atoms with E-state index in [4.69, 9.17) is 16.3 Å². The van der Waals surface area contributed by atoms with E-state index < -0.39 is 5.60 Å². The topological polar surface area (TPSA) is 58.6 Å². The molecule has 7 heteroatoms. The van der Waals surface area contributed by atoms with Crippen LogP contribution in [-0.4, -0.2) is 52.7 Å². The summed E-state index contributed by atoms with van der Waals surface area (Å²) in [4.78, 5) is 25.2. The van der Waals surface area contributed by atoms with E-state index in [1.165, 1.54) is 0 Å². The lowest BCUT2D eigenvalue weighted by molar-refractivity contribution is 0.0205. The number of anilines is 1. The number of carbonyl (C=O) groups excluding carboxylic acids is 1. The monoisotopic (exact) mass is 376 g/mol. The van der Waals surface area contributed by atoms with Gasteiger partial charge in [-0.2, -0.15) is 0 Å². The lowest BCUT2D eigenvalue weighted by atomic mass is 10.0. The molecular formula is C19H25ClN4O2. The van der Waals surface area contributed by atoms with E-state index in [1.54, 1.807) is 4.90 Å². The van der Waals surface area contributed by atoms with E-state index in [9.17, 15) is 4.79 Å². The van der Waals surface area contributed by atoms with Crippen LogP contribution in [0.5, 0.6) is 0 Å². The minimum atomic E-state index is -0.473. The highest BCUT2D eigenvalue weighted by molar-refractivity contribution is 6.32. The molecule has 2 aromatic rings. The molecular weight excluding hydrogens is 352 g/mol. The number of likely N-dealkylation sites (tertiary alicyclic amines) is 1. The Morgan fingerprint density at radius 3 is 2.35 bits per heavy atom. The Morgan fingerprint density at radius 2 is 1.77 bits per heavy atom. The smallest absolute Gasteiger partial charge is 0.410 e.